The van der Waals surface area contributed by atoms with Gasteiger partial charge in [-0.3, -0.25) is 4.99 Å². The normalized spacial score (nSPS) is 13.1. The highest BCUT2D eigenvalue weighted by Crippen LogP contribution is 2.09. The Morgan fingerprint density at radius 3 is 2.38 bits per heavy atom. The Labute approximate surface area is 166 Å². The van der Waals surface area contributed by atoms with Crippen LogP contribution in [0.4, 0.5) is 0 Å². The number of hydrogen-bond donors (Lipinski definition) is 2. The van der Waals surface area contributed by atoms with Gasteiger partial charge in [0.15, 0.2) is 5.96 Å². The summed E-state index contributed by atoms with van der Waals surface area (Å²) in [7, 11) is 5.94. The molecule has 24 heavy (non-hydrogen) atoms. The van der Waals surface area contributed by atoms with Crippen molar-refractivity contribution in [2.75, 3.05) is 60.7 Å². The zero-order valence-electron chi connectivity index (χ0n) is 16.4. The lowest BCUT2D eigenvalue weighted by Gasteiger charge is -2.24. The van der Waals surface area contributed by atoms with Gasteiger partial charge < -0.3 is 25.0 Å². The Morgan fingerprint density at radius 2 is 1.83 bits per heavy atom. The largest absolute Gasteiger partial charge is 0.382 e. The molecule has 0 radical (unpaired) electrons. The van der Waals surface area contributed by atoms with Crippen molar-refractivity contribution >= 4 is 29.9 Å². The summed E-state index contributed by atoms with van der Waals surface area (Å²) in [5.74, 6) is 1.57. The first-order valence-electron chi connectivity index (χ1n) is 8.76. The van der Waals surface area contributed by atoms with Crippen molar-refractivity contribution in [1.82, 2.24) is 15.5 Å². The van der Waals surface area contributed by atoms with Crippen LogP contribution in [-0.4, -0.2) is 77.6 Å². The van der Waals surface area contributed by atoms with Crippen molar-refractivity contribution in [3.8, 4) is 0 Å². The van der Waals surface area contributed by atoms with Crippen LogP contribution in [0.25, 0.3) is 0 Å². The molecular formula is C17H39IN4O2. The van der Waals surface area contributed by atoms with Crippen molar-refractivity contribution in [2.45, 2.75) is 39.7 Å². The highest BCUT2D eigenvalue weighted by Gasteiger charge is 2.13. The second-order valence-corrected chi connectivity index (χ2v) is 6.35. The Morgan fingerprint density at radius 1 is 1.12 bits per heavy atom. The second-order valence-electron chi connectivity index (χ2n) is 6.35. The van der Waals surface area contributed by atoms with Gasteiger partial charge in [0, 0.05) is 32.8 Å². The number of ether oxygens (including phenoxy) is 2. The summed E-state index contributed by atoms with van der Waals surface area (Å²) in [4.78, 5) is 6.99. The third kappa shape index (κ3) is 15.4. The molecule has 0 saturated heterocycles. The van der Waals surface area contributed by atoms with Gasteiger partial charge in [0.25, 0.3) is 0 Å². The number of guanidine groups is 1. The molecule has 1 atom stereocenters. The molecule has 0 amide bonds. The number of hydrogen-bond acceptors (Lipinski definition) is 4. The Kier molecular flexibility index (Phi) is 19.3. The second kappa shape index (κ2) is 17.7. The van der Waals surface area contributed by atoms with Crippen LogP contribution in [0.3, 0.4) is 0 Å². The van der Waals surface area contributed by atoms with Crippen LogP contribution in [-0.2, 0) is 9.47 Å². The summed E-state index contributed by atoms with van der Waals surface area (Å²) < 4.78 is 10.4. The summed E-state index contributed by atoms with van der Waals surface area (Å²) in [6.45, 7) is 11.2. The third-order valence-electron chi connectivity index (χ3n) is 3.47. The monoisotopic (exact) mass is 458 g/mol. The molecule has 7 heteroatoms. The number of nitrogens with zero attached hydrogens (tertiary/aromatic N) is 2. The molecule has 0 aromatic heterocycles. The molecule has 0 fully saturated rings. The van der Waals surface area contributed by atoms with Gasteiger partial charge in [0.2, 0.25) is 0 Å². The predicted molar refractivity (Wildman–Crippen MR) is 114 cm³/mol. The number of methoxy groups -OCH3 is 1. The summed E-state index contributed by atoms with van der Waals surface area (Å²) >= 11 is 0. The Balaban J connectivity index is 0. The van der Waals surface area contributed by atoms with Gasteiger partial charge in [0.05, 0.1) is 19.8 Å². The zero-order chi connectivity index (χ0) is 17.5. The first-order chi connectivity index (χ1) is 11.0. The van der Waals surface area contributed by atoms with E-state index in [0.29, 0.717) is 25.2 Å². The van der Waals surface area contributed by atoms with Gasteiger partial charge in [-0.1, -0.05) is 13.8 Å². The van der Waals surface area contributed by atoms with E-state index in [-0.39, 0.29) is 24.0 Å². The fourth-order valence-corrected chi connectivity index (χ4v) is 2.16. The summed E-state index contributed by atoms with van der Waals surface area (Å²) in [5.41, 5.74) is 0. The van der Waals surface area contributed by atoms with E-state index in [1.165, 1.54) is 0 Å². The molecule has 0 saturated carbocycles. The van der Waals surface area contributed by atoms with Gasteiger partial charge in [-0.2, -0.15) is 0 Å². The first kappa shape index (κ1) is 26.1. The van der Waals surface area contributed by atoms with Gasteiger partial charge in [-0.25, -0.2) is 0 Å². The molecule has 146 valence electrons. The van der Waals surface area contributed by atoms with E-state index in [1.54, 1.807) is 7.11 Å². The van der Waals surface area contributed by atoms with Crippen molar-refractivity contribution < 1.29 is 9.47 Å². The predicted octanol–water partition coefficient (Wildman–Crippen LogP) is 2.19. The number of rotatable bonds is 13. The SMILES string of the molecule is CCNC(=NCC(CC(C)C)N(C)C)NCCCOCCOC.I. The van der Waals surface area contributed by atoms with Crippen molar-refractivity contribution in [3.63, 3.8) is 0 Å². The average Bonchev–Trinajstić information content (AvgIpc) is 2.49. The Hall–Kier alpha value is -0.120. The average molecular weight is 458 g/mol. The van der Waals surface area contributed by atoms with Crippen LogP contribution >= 0.6 is 24.0 Å². The maximum Gasteiger partial charge on any atom is 0.191 e. The van der Waals surface area contributed by atoms with Gasteiger partial charge >= 0.3 is 0 Å². The molecule has 0 aliphatic heterocycles. The summed E-state index contributed by atoms with van der Waals surface area (Å²) in [5, 5.41) is 6.67. The zero-order valence-corrected chi connectivity index (χ0v) is 18.8. The molecule has 0 spiro atoms. The van der Waals surface area contributed by atoms with Gasteiger partial charge in [-0.05, 0) is 39.8 Å². The van der Waals surface area contributed by atoms with Crippen molar-refractivity contribution in [1.29, 1.82) is 0 Å². The smallest absolute Gasteiger partial charge is 0.191 e. The molecule has 1 unspecified atom stereocenters. The topological polar surface area (TPSA) is 58.1 Å². The minimum atomic E-state index is 0. The quantitative estimate of drug-likeness (QED) is 0.192. The van der Waals surface area contributed by atoms with Gasteiger partial charge in [0.1, 0.15) is 0 Å². The van der Waals surface area contributed by atoms with Crippen LogP contribution in [0, 0.1) is 5.92 Å². The van der Waals surface area contributed by atoms with Crippen LogP contribution in [0.2, 0.25) is 0 Å². The van der Waals surface area contributed by atoms with E-state index in [0.717, 1.165) is 45.0 Å². The maximum absolute atomic E-state index is 5.46. The number of aliphatic imine (C=N–C) groups is 1. The number of halogens is 1. The lowest BCUT2D eigenvalue weighted by atomic mass is 10.0. The molecule has 6 nitrogen and oxygen atoms in total. The molecule has 0 rings (SSSR count). The van der Waals surface area contributed by atoms with Crippen LogP contribution in [0.15, 0.2) is 4.99 Å². The lowest BCUT2D eigenvalue weighted by molar-refractivity contribution is 0.0698. The number of likely N-dealkylation sites (N-methyl/N-ethyl adjacent to an activating group) is 1. The van der Waals surface area contributed by atoms with E-state index in [1.807, 2.05) is 0 Å². The molecule has 2 N–H and O–H groups in total. The molecule has 0 bridgehead atoms. The van der Waals surface area contributed by atoms with Crippen LogP contribution in [0.5, 0.6) is 0 Å². The molecule has 0 aliphatic rings. The van der Waals surface area contributed by atoms with Gasteiger partial charge in [-0.15, -0.1) is 24.0 Å². The molecule has 0 heterocycles. The standard InChI is InChI=1S/C17H38N4O2.HI/c1-7-18-17(19-9-8-10-23-12-11-22-6)20-14-16(21(4)5)13-15(2)3;/h15-16H,7-14H2,1-6H3,(H2,18,19,20);1H. The highest BCUT2D eigenvalue weighted by atomic mass is 127. The highest BCUT2D eigenvalue weighted by molar-refractivity contribution is 14.0. The van der Waals surface area contributed by atoms with E-state index >= 15 is 0 Å². The van der Waals surface area contributed by atoms with E-state index < -0.39 is 0 Å². The van der Waals surface area contributed by atoms with E-state index in [9.17, 15) is 0 Å². The lowest BCUT2D eigenvalue weighted by Crippen LogP contribution is -2.40. The minimum absolute atomic E-state index is 0. The van der Waals surface area contributed by atoms with Crippen molar-refractivity contribution in [3.05, 3.63) is 0 Å². The first-order valence-corrected chi connectivity index (χ1v) is 8.76. The fourth-order valence-electron chi connectivity index (χ4n) is 2.16. The Bertz CT molecular complexity index is 302. The molecule has 0 aliphatic carbocycles. The minimum Gasteiger partial charge on any atom is -0.382 e. The van der Waals surface area contributed by atoms with Crippen LogP contribution in [0.1, 0.15) is 33.6 Å². The third-order valence-corrected chi connectivity index (χ3v) is 3.47. The summed E-state index contributed by atoms with van der Waals surface area (Å²) in [6, 6.07) is 0.475. The van der Waals surface area contributed by atoms with E-state index in [4.69, 9.17) is 14.5 Å². The molecule has 0 aromatic rings. The summed E-state index contributed by atoms with van der Waals surface area (Å²) in [6.07, 6.45) is 2.11. The van der Waals surface area contributed by atoms with Crippen molar-refractivity contribution in [2.24, 2.45) is 10.9 Å². The maximum atomic E-state index is 5.46. The van der Waals surface area contributed by atoms with Crippen LogP contribution < -0.4 is 10.6 Å². The van der Waals surface area contributed by atoms with E-state index in [2.05, 4.69) is 50.4 Å². The number of nitrogens with one attached hydrogen (secondary N) is 2. The molecular weight excluding hydrogens is 419 g/mol. The molecule has 0 aromatic carbocycles. The fraction of sp³-hybridized carbons (Fsp3) is 0.941.